The summed E-state index contributed by atoms with van der Waals surface area (Å²) in [6.45, 7) is 1.09. The number of methoxy groups -OCH3 is 1. The minimum Gasteiger partial charge on any atom is -0.497 e. The second-order valence-corrected chi connectivity index (χ2v) is 9.43. The van der Waals surface area contributed by atoms with E-state index in [0.29, 0.717) is 43.3 Å². The molecule has 0 aliphatic carbocycles. The predicted octanol–water partition coefficient (Wildman–Crippen LogP) is 0.464. The smallest absolute Gasteiger partial charge is 0.257 e. The van der Waals surface area contributed by atoms with Crippen molar-refractivity contribution in [1.29, 1.82) is 0 Å². The van der Waals surface area contributed by atoms with Crippen molar-refractivity contribution in [2.24, 2.45) is 0 Å². The van der Waals surface area contributed by atoms with E-state index in [1.165, 1.54) is 23.5 Å². The summed E-state index contributed by atoms with van der Waals surface area (Å²) < 4.78 is 37.0. The van der Waals surface area contributed by atoms with Gasteiger partial charge in [-0.3, -0.25) is 20.4 Å². The van der Waals surface area contributed by atoms with Crippen molar-refractivity contribution in [3.8, 4) is 5.75 Å². The molecule has 1 aliphatic heterocycles. The number of carbonyl (C=O) groups is 2. The fourth-order valence-electron chi connectivity index (χ4n) is 3.01. The SMILES string of the molecule is COc1cccc(C(=O)NCC(=O)NNC(=S)Nc2ccc(S(=O)(=O)N3CCOCC3)cc2)c1. The minimum atomic E-state index is -3.59. The molecule has 3 rings (SSSR count). The summed E-state index contributed by atoms with van der Waals surface area (Å²) >= 11 is 5.12. The zero-order chi connectivity index (χ0) is 24.6. The molecule has 13 heteroatoms. The lowest BCUT2D eigenvalue weighted by Crippen LogP contribution is -2.47. The molecule has 0 radical (unpaired) electrons. The first-order chi connectivity index (χ1) is 16.3. The van der Waals surface area contributed by atoms with E-state index in [-0.39, 0.29) is 16.6 Å². The average molecular weight is 508 g/mol. The number of hydrogen-bond donors (Lipinski definition) is 4. The molecule has 0 atom stereocenters. The van der Waals surface area contributed by atoms with E-state index in [2.05, 4.69) is 21.5 Å². The van der Waals surface area contributed by atoms with Crippen molar-refractivity contribution in [3.05, 3.63) is 54.1 Å². The van der Waals surface area contributed by atoms with Gasteiger partial charge in [-0.25, -0.2) is 8.42 Å². The first-order valence-corrected chi connectivity index (χ1v) is 12.1. The van der Waals surface area contributed by atoms with E-state index in [1.54, 1.807) is 36.4 Å². The zero-order valence-corrected chi connectivity index (χ0v) is 20.0. The van der Waals surface area contributed by atoms with Gasteiger partial charge in [0, 0.05) is 24.3 Å². The monoisotopic (exact) mass is 507 g/mol. The van der Waals surface area contributed by atoms with E-state index >= 15 is 0 Å². The highest BCUT2D eigenvalue weighted by molar-refractivity contribution is 7.89. The fourth-order valence-corrected chi connectivity index (χ4v) is 4.58. The molecular weight excluding hydrogens is 482 g/mol. The van der Waals surface area contributed by atoms with Gasteiger partial charge < -0.3 is 20.1 Å². The summed E-state index contributed by atoms with van der Waals surface area (Å²) in [5.74, 6) is -0.420. The average Bonchev–Trinajstić information content (AvgIpc) is 2.87. The maximum Gasteiger partial charge on any atom is 0.257 e. The molecule has 0 saturated carbocycles. The van der Waals surface area contributed by atoms with Gasteiger partial charge >= 0.3 is 0 Å². The number of hydrogen-bond acceptors (Lipinski definition) is 7. The molecule has 0 unspecified atom stereocenters. The Kier molecular flexibility index (Phi) is 8.76. The van der Waals surface area contributed by atoms with E-state index in [4.69, 9.17) is 21.7 Å². The first-order valence-electron chi connectivity index (χ1n) is 10.3. The Morgan fingerprint density at radius 1 is 1.09 bits per heavy atom. The number of hydrazine groups is 1. The quantitative estimate of drug-likeness (QED) is 0.311. The number of sulfonamides is 1. The Morgan fingerprint density at radius 2 is 1.79 bits per heavy atom. The summed E-state index contributed by atoms with van der Waals surface area (Å²) in [7, 11) is -2.09. The van der Waals surface area contributed by atoms with Crippen LogP contribution in [0.1, 0.15) is 10.4 Å². The Morgan fingerprint density at radius 3 is 2.47 bits per heavy atom. The summed E-state index contributed by atoms with van der Waals surface area (Å²) in [5, 5.41) is 5.41. The van der Waals surface area contributed by atoms with Crippen LogP contribution in [0.5, 0.6) is 5.75 Å². The Labute approximate surface area is 202 Å². The Balaban J connectivity index is 1.43. The van der Waals surface area contributed by atoms with Crippen LogP contribution in [0.4, 0.5) is 5.69 Å². The number of benzene rings is 2. The van der Waals surface area contributed by atoms with Crippen molar-refractivity contribution in [3.63, 3.8) is 0 Å². The van der Waals surface area contributed by atoms with Crippen LogP contribution in [0.25, 0.3) is 0 Å². The lowest BCUT2D eigenvalue weighted by atomic mass is 10.2. The third-order valence-corrected chi connectivity index (χ3v) is 6.89. The fraction of sp³-hybridized carbons (Fsp3) is 0.286. The topological polar surface area (TPSA) is 138 Å². The third kappa shape index (κ3) is 6.87. The number of thiocarbonyl (C=S) groups is 1. The van der Waals surface area contributed by atoms with Crippen LogP contribution in [0.2, 0.25) is 0 Å². The van der Waals surface area contributed by atoms with E-state index in [9.17, 15) is 18.0 Å². The van der Waals surface area contributed by atoms with E-state index in [0.717, 1.165) is 0 Å². The van der Waals surface area contributed by atoms with Crippen LogP contribution >= 0.6 is 12.2 Å². The molecule has 2 aromatic carbocycles. The maximum atomic E-state index is 12.7. The number of ether oxygens (including phenoxy) is 2. The van der Waals surface area contributed by atoms with Crippen LogP contribution in [0, 0.1) is 0 Å². The van der Waals surface area contributed by atoms with Gasteiger partial charge in [-0.2, -0.15) is 4.31 Å². The van der Waals surface area contributed by atoms with Crippen LogP contribution in [-0.4, -0.2) is 69.6 Å². The van der Waals surface area contributed by atoms with Gasteiger partial charge in [-0.1, -0.05) is 6.07 Å². The van der Waals surface area contributed by atoms with Crippen molar-refractivity contribution in [1.82, 2.24) is 20.5 Å². The van der Waals surface area contributed by atoms with Gasteiger partial charge in [-0.05, 0) is 54.7 Å². The molecule has 11 nitrogen and oxygen atoms in total. The Hall–Kier alpha value is -3.26. The second kappa shape index (κ2) is 11.7. The summed E-state index contributed by atoms with van der Waals surface area (Å²) in [4.78, 5) is 24.3. The first kappa shape index (κ1) is 25.4. The maximum absolute atomic E-state index is 12.7. The number of rotatable bonds is 7. The number of carbonyl (C=O) groups excluding carboxylic acids is 2. The molecule has 0 bridgehead atoms. The van der Waals surface area contributed by atoms with Gasteiger partial charge in [0.25, 0.3) is 11.8 Å². The van der Waals surface area contributed by atoms with E-state index < -0.39 is 21.8 Å². The molecule has 1 aliphatic rings. The zero-order valence-electron chi connectivity index (χ0n) is 18.4. The standard InChI is InChI=1S/C21H25N5O6S2/c1-31-17-4-2-3-15(13-17)20(28)22-14-19(27)24-25-21(33)23-16-5-7-18(8-6-16)34(29,30)26-9-11-32-12-10-26/h2-8,13H,9-12,14H2,1H3,(H,22,28)(H,24,27)(H2,23,25,33). The van der Waals surface area contributed by atoms with Crippen LogP contribution in [-0.2, 0) is 19.6 Å². The number of anilines is 1. The summed E-state index contributed by atoms with van der Waals surface area (Å²) in [5.41, 5.74) is 5.77. The van der Waals surface area contributed by atoms with Gasteiger partial charge in [0.1, 0.15) is 5.75 Å². The second-order valence-electron chi connectivity index (χ2n) is 7.08. The minimum absolute atomic E-state index is 0.0799. The Bertz CT molecular complexity index is 1130. The molecule has 1 heterocycles. The van der Waals surface area contributed by atoms with Gasteiger partial charge in [0.2, 0.25) is 10.0 Å². The summed E-state index contributed by atoms with van der Waals surface area (Å²) in [6, 6.07) is 12.6. The molecule has 2 amide bonds. The molecule has 0 spiro atoms. The summed E-state index contributed by atoms with van der Waals surface area (Å²) in [6.07, 6.45) is 0. The lowest BCUT2D eigenvalue weighted by molar-refractivity contribution is -0.120. The largest absolute Gasteiger partial charge is 0.497 e. The van der Waals surface area contributed by atoms with Crippen molar-refractivity contribution in [2.75, 3.05) is 45.3 Å². The van der Waals surface area contributed by atoms with Crippen LogP contribution < -0.4 is 26.2 Å². The van der Waals surface area contributed by atoms with Crippen molar-refractivity contribution >= 4 is 44.9 Å². The molecule has 34 heavy (non-hydrogen) atoms. The predicted molar refractivity (Wildman–Crippen MR) is 129 cm³/mol. The number of nitrogens with one attached hydrogen (secondary N) is 4. The van der Waals surface area contributed by atoms with Gasteiger partial charge in [0.15, 0.2) is 5.11 Å². The number of nitrogens with zero attached hydrogens (tertiary/aromatic N) is 1. The highest BCUT2D eigenvalue weighted by Crippen LogP contribution is 2.19. The van der Waals surface area contributed by atoms with Crippen LogP contribution in [0.15, 0.2) is 53.4 Å². The van der Waals surface area contributed by atoms with Gasteiger partial charge in [0.05, 0.1) is 31.8 Å². The molecule has 0 aromatic heterocycles. The highest BCUT2D eigenvalue weighted by atomic mass is 32.2. The number of morpholine rings is 1. The van der Waals surface area contributed by atoms with Crippen LogP contribution in [0.3, 0.4) is 0 Å². The van der Waals surface area contributed by atoms with Crippen molar-refractivity contribution in [2.45, 2.75) is 4.90 Å². The molecule has 1 saturated heterocycles. The molecule has 182 valence electrons. The molecule has 1 fully saturated rings. The molecular formula is C21H25N5O6S2. The highest BCUT2D eigenvalue weighted by Gasteiger charge is 2.26. The van der Waals surface area contributed by atoms with Crippen molar-refractivity contribution < 1.29 is 27.5 Å². The van der Waals surface area contributed by atoms with Gasteiger partial charge in [-0.15, -0.1) is 0 Å². The molecule has 2 aromatic rings. The third-order valence-electron chi connectivity index (χ3n) is 4.78. The lowest BCUT2D eigenvalue weighted by Gasteiger charge is -2.26. The van der Waals surface area contributed by atoms with E-state index in [1.807, 2.05) is 0 Å². The normalized spacial score (nSPS) is 14.0. The molecule has 4 N–H and O–H groups in total. The number of amides is 2.